The molecule has 2 aromatic heterocycles. The van der Waals surface area contributed by atoms with Crippen LogP contribution in [0.2, 0.25) is 0 Å². The summed E-state index contributed by atoms with van der Waals surface area (Å²) in [6.07, 6.45) is 5.16. The minimum absolute atomic E-state index is 0.383. The third kappa shape index (κ3) is 4.64. The van der Waals surface area contributed by atoms with Crippen LogP contribution in [0.1, 0.15) is 50.7 Å². The Kier molecular flexibility index (Phi) is 5.80. The normalized spacial score (nSPS) is 18.8. The first kappa shape index (κ1) is 18.0. The maximum absolute atomic E-state index is 5.76. The number of nitrogens with two attached hydrogens (primary N) is 1. The highest BCUT2D eigenvalue weighted by Gasteiger charge is 2.23. The molecule has 1 fully saturated rings. The van der Waals surface area contributed by atoms with Gasteiger partial charge >= 0.3 is 0 Å². The first-order valence-electron chi connectivity index (χ1n) is 8.89. The molecule has 0 unspecified atom stereocenters. The Hall–Kier alpha value is -1.80. The fourth-order valence-corrected chi connectivity index (χ4v) is 4.00. The predicted molar refractivity (Wildman–Crippen MR) is 102 cm³/mol. The zero-order valence-electron chi connectivity index (χ0n) is 15.2. The molecule has 1 aliphatic heterocycles. The summed E-state index contributed by atoms with van der Waals surface area (Å²) in [6, 6.07) is 2.24. The summed E-state index contributed by atoms with van der Waals surface area (Å²) in [5, 5.41) is 1.06. The molecular formula is C17H27N7S. The van der Waals surface area contributed by atoms with Crippen LogP contribution in [0.3, 0.4) is 0 Å². The van der Waals surface area contributed by atoms with E-state index in [4.69, 9.17) is 10.7 Å². The summed E-state index contributed by atoms with van der Waals surface area (Å²) in [5.41, 5.74) is 5.76. The van der Waals surface area contributed by atoms with Gasteiger partial charge in [0, 0.05) is 42.8 Å². The van der Waals surface area contributed by atoms with Crippen molar-refractivity contribution in [3.05, 3.63) is 23.9 Å². The summed E-state index contributed by atoms with van der Waals surface area (Å²) in [5.74, 6) is 2.66. The number of anilines is 2. The molecule has 0 amide bonds. The van der Waals surface area contributed by atoms with Gasteiger partial charge in [-0.3, -0.25) is 4.90 Å². The fourth-order valence-electron chi connectivity index (χ4n) is 3.14. The standard InChI is InChI=1S/C17H27N7S/c1-12(2)16-21-17(25-22-16)24-9-4-5-13(7-10-24)23(3)11-15-19-8-6-14(18)20-15/h6,8,12-13H,4-5,7,9-11H2,1-3H3,(H2,18,19,20)/t13-/m0/s1. The first-order chi connectivity index (χ1) is 12.0. The molecule has 0 bridgehead atoms. The van der Waals surface area contributed by atoms with Crippen LogP contribution in [-0.2, 0) is 6.54 Å². The van der Waals surface area contributed by atoms with Gasteiger partial charge in [0.05, 0.1) is 6.54 Å². The highest BCUT2D eigenvalue weighted by atomic mass is 32.1. The third-order valence-electron chi connectivity index (χ3n) is 4.66. The second kappa shape index (κ2) is 8.05. The van der Waals surface area contributed by atoms with Crippen LogP contribution in [0, 0.1) is 0 Å². The number of rotatable bonds is 5. The van der Waals surface area contributed by atoms with E-state index in [2.05, 4.69) is 45.0 Å². The highest BCUT2D eigenvalue weighted by molar-refractivity contribution is 7.09. The second-order valence-electron chi connectivity index (χ2n) is 6.97. The van der Waals surface area contributed by atoms with E-state index in [9.17, 15) is 0 Å². The van der Waals surface area contributed by atoms with Crippen LogP contribution in [0.25, 0.3) is 0 Å². The SMILES string of the molecule is CC(C)c1nsc(N2CCC[C@H](N(C)Cc3nccc(N)n3)CC2)n1. The van der Waals surface area contributed by atoms with Crippen LogP contribution in [0.5, 0.6) is 0 Å². The second-order valence-corrected chi connectivity index (χ2v) is 7.70. The largest absolute Gasteiger partial charge is 0.384 e. The van der Waals surface area contributed by atoms with Crippen molar-refractivity contribution >= 4 is 22.5 Å². The van der Waals surface area contributed by atoms with Gasteiger partial charge < -0.3 is 10.6 Å². The number of nitrogen functional groups attached to an aromatic ring is 1. The Morgan fingerprint density at radius 2 is 2.16 bits per heavy atom. The van der Waals surface area contributed by atoms with Gasteiger partial charge in [0.25, 0.3) is 0 Å². The molecular weight excluding hydrogens is 334 g/mol. The number of nitrogens with zero attached hydrogens (tertiary/aromatic N) is 6. The predicted octanol–water partition coefficient (Wildman–Crippen LogP) is 2.52. The van der Waals surface area contributed by atoms with Gasteiger partial charge in [-0.2, -0.15) is 4.37 Å². The number of hydrogen-bond donors (Lipinski definition) is 1. The Balaban J connectivity index is 1.58. The minimum atomic E-state index is 0.383. The summed E-state index contributed by atoms with van der Waals surface area (Å²) in [4.78, 5) is 18.1. The van der Waals surface area contributed by atoms with Crippen LogP contribution in [0.15, 0.2) is 12.3 Å². The molecule has 0 saturated carbocycles. The molecule has 1 atom stereocenters. The minimum Gasteiger partial charge on any atom is -0.384 e. The molecule has 7 nitrogen and oxygen atoms in total. The van der Waals surface area contributed by atoms with E-state index in [0.717, 1.165) is 49.3 Å². The fraction of sp³-hybridized carbons (Fsp3) is 0.647. The monoisotopic (exact) mass is 361 g/mol. The summed E-state index contributed by atoms with van der Waals surface area (Å²) in [6.45, 7) is 7.06. The number of hydrogen-bond acceptors (Lipinski definition) is 8. The average Bonchev–Trinajstić information content (AvgIpc) is 2.93. The molecule has 136 valence electrons. The van der Waals surface area contributed by atoms with E-state index in [1.165, 1.54) is 18.0 Å². The van der Waals surface area contributed by atoms with E-state index < -0.39 is 0 Å². The number of aromatic nitrogens is 4. The molecule has 2 aromatic rings. The molecule has 3 heterocycles. The molecule has 3 rings (SSSR count). The van der Waals surface area contributed by atoms with Gasteiger partial charge in [0.2, 0.25) is 5.13 Å². The van der Waals surface area contributed by atoms with Crippen molar-refractivity contribution in [1.82, 2.24) is 24.2 Å². The average molecular weight is 362 g/mol. The molecule has 8 heteroatoms. The van der Waals surface area contributed by atoms with Crippen molar-refractivity contribution in [2.45, 2.75) is 51.6 Å². The third-order valence-corrected chi connectivity index (χ3v) is 5.45. The molecule has 0 aliphatic carbocycles. The molecule has 25 heavy (non-hydrogen) atoms. The van der Waals surface area contributed by atoms with Crippen molar-refractivity contribution in [3.8, 4) is 0 Å². The van der Waals surface area contributed by atoms with Gasteiger partial charge in [-0.05, 0) is 32.4 Å². The Morgan fingerprint density at radius 1 is 1.32 bits per heavy atom. The van der Waals surface area contributed by atoms with Gasteiger partial charge in [-0.15, -0.1) is 0 Å². The lowest BCUT2D eigenvalue weighted by molar-refractivity contribution is 0.212. The molecule has 0 aromatic carbocycles. The van der Waals surface area contributed by atoms with Gasteiger partial charge in [0.1, 0.15) is 17.5 Å². The van der Waals surface area contributed by atoms with E-state index in [1.807, 2.05) is 0 Å². The van der Waals surface area contributed by atoms with Crippen molar-refractivity contribution in [3.63, 3.8) is 0 Å². The summed E-state index contributed by atoms with van der Waals surface area (Å²) in [7, 11) is 2.15. The van der Waals surface area contributed by atoms with Crippen LogP contribution in [-0.4, -0.2) is 50.4 Å². The van der Waals surface area contributed by atoms with Crippen LogP contribution >= 0.6 is 11.5 Å². The van der Waals surface area contributed by atoms with Gasteiger partial charge in [-0.1, -0.05) is 13.8 Å². The zero-order chi connectivity index (χ0) is 17.8. The van der Waals surface area contributed by atoms with Crippen molar-refractivity contribution in [2.75, 3.05) is 30.8 Å². The van der Waals surface area contributed by atoms with Gasteiger partial charge in [-0.25, -0.2) is 15.0 Å². The Morgan fingerprint density at radius 3 is 2.88 bits per heavy atom. The summed E-state index contributed by atoms with van der Waals surface area (Å²) >= 11 is 1.52. The maximum atomic E-state index is 5.76. The highest BCUT2D eigenvalue weighted by Crippen LogP contribution is 2.25. The molecule has 1 aliphatic rings. The van der Waals surface area contributed by atoms with Crippen LogP contribution in [0.4, 0.5) is 10.9 Å². The van der Waals surface area contributed by atoms with Crippen molar-refractivity contribution in [1.29, 1.82) is 0 Å². The maximum Gasteiger partial charge on any atom is 0.205 e. The summed E-state index contributed by atoms with van der Waals surface area (Å²) < 4.78 is 4.49. The van der Waals surface area contributed by atoms with Gasteiger partial charge in [0.15, 0.2) is 0 Å². The molecule has 2 N–H and O–H groups in total. The first-order valence-corrected chi connectivity index (χ1v) is 9.66. The quantitative estimate of drug-likeness (QED) is 0.876. The topological polar surface area (TPSA) is 84.1 Å². The van der Waals surface area contributed by atoms with Crippen molar-refractivity contribution in [2.24, 2.45) is 0 Å². The molecule has 1 saturated heterocycles. The van der Waals surface area contributed by atoms with E-state index >= 15 is 0 Å². The smallest absolute Gasteiger partial charge is 0.205 e. The van der Waals surface area contributed by atoms with Crippen molar-refractivity contribution < 1.29 is 0 Å². The van der Waals surface area contributed by atoms with E-state index in [0.29, 0.717) is 17.8 Å². The van der Waals surface area contributed by atoms with E-state index in [-0.39, 0.29) is 0 Å². The molecule has 0 spiro atoms. The Bertz CT molecular complexity index is 687. The van der Waals surface area contributed by atoms with E-state index in [1.54, 1.807) is 12.3 Å². The van der Waals surface area contributed by atoms with Crippen LogP contribution < -0.4 is 10.6 Å². The Labute approximate surface area is 153 Å². The zero-order valence-corrected chi connectivity index (χ0v) is 16.0. The lowest BCUT2D eigenvalue weighted by Gasteiger charge is -2.26. The lowest BCUT2D eigenvalue weighted by Crippen LogP contribution is -2.33. The lowest BCUT2D eigenvalue weighted by atomic mass is 10.1. The molecule has 0 radical (unpaired) electrons.